The molecule has 0 aliphatic carbocycles. The number of hydrogen-bond acceptors (Lipinski definition) is 6. The number of para-hydroxylation sites is 1. The summed E-state index contributed by atoms with van der Waals surface area (Å²) in [7, 11) is -1.26. The third kappa shape index (κ3) is 3.21. The van der Waals surface area contributed by atoms with Gasteiger partial charge >= 0.3 is 10.1 Å². The van der Waals surface area contributed by atoms with Gasteiger partial charge in [-0.15, -0.1) is 0 Å². The van der Waals surface area contributed by atoms with Gasteiger partial charge < -0.3 is 13.7 Å². The summed E-state index contributed by atoms with van der Waals surface area (Å²) in [6, 6.07) is 7.68. The number of carbonyl (C=O) groups is 1. The Labute approximate surface area is 141 Å². The molecule has 6 nitrogen and oxygen atoms in total. The van der Waals surface area contributed by atoms with Crippen molar-refractivity contribution in [1.82, 2.24) is 0 Å². The van der Waals surface area contributed by atoms with Gasteiger partial charge in [-0.3, -0.25) is 4.79 Å². The summed E-state index contributed by atoms with van der Waals surface area (Å²) >= 11 is 0. The molecule has 7 heteroatoms. The van der Waals surface area contributed by atoms with E-state index < -0.39 is 10.1 Å². The van der Waals surface area contributed by atoms with Crippen LogP contribution in [0.15, 0.2) is 35.2 Å². The molecule has 0 spiro atoms. The van der Waals surface area contributed by atoms with Crippen LogP contribution in [0.4, 0.5) is 0 Å². The maximum atomic E-state index is 12.7. The smallest absolute Gasteiger partial charge is 0.339 e. The number of aryl methyl sites for hydroxylation is 1. The minimum atomic E-state index is -4.16. The predicted octanol–water partition coefficient (Wildman–Crippen LogP) is 2.90. The Hall–Kier alpha value is -2.54. The monoisotopic (exact) mass is 350 g/mol. The minimum Gasteiger partial charge on any atom is -0.493 e. The van der Waals surface area contributed by atoms with Crippen molar-refractivity contribution in [3.63, 3.8) is 0 Å². The Morgan fingerprint density at radius 2 is 1.67 bits per heavy atom. The van der Waals surface area contributed by atoms with Crippen molar-refractivity contribution < 1.29 is 26.9 Å². The maximum absolute atomic E-state index is 12.7. The van der Waals surface area contributed by atoms with Crippen molar-refractivity contribution in [3.05, 3.63) is 47.0 Å². The summed E-state index contributed by atoms with van der Waals surface area (Å²) < 4.78 is 41.1. The van der Waals surface area contributed by atoms with Gasteiger partial charge in [0, 0.05) is 5.56 Å². The first-order chi connectivity index (χ1) is 11.4. The van der Waals surface area contributed by atoms with E-state index in [4.69, 9.17) is 13.7 Å². The average Bonchev–Trinajstić information content (AvgIpc) is 2.54. The van der Waals surface area contributed by atoms with Crippen LogP contribution < -0.4 is 13.7 Å². The number of methoxy groups -OCH3 is 2. The van der Waals surface area contributed by atoms with E-state index in [0.29, 0.717) is 28.9 Å². The molecule has 2 aromatic carbocycles. The van der Waals surface area contributed by atoms with Crippen LogP contribution in [0.25, 0.3) is 0 Å². The molecule has 0 aliphatic heterocycles. The summed E-state index contributed by atoms with van der Waals surface area (Å²) in [5.74, 6) is 0.717. The molecule has 0 saturated heterocycles. The van der Waals surface area contributed by atoms with Gasteiger partial charge in [0.15, 0.2) is 23.5 Å². The molecule has 0 atom stereocenters. The highest BCUT2D eigenvalue weighted by atomic mass is 32.2. The van der Waals surface area contributed by atoms with Crippen molar-refractivity contribution in [2.45, 2.75) is 18.7 Å². The van der Waals surface area contributed by atoms with Crippen LogP contribution in [0.5, 0.6) is 17.2 Å². The lowest BCUT2D eigenvalue weighted by atomic mass is 10.1. The molecule has 2 rings (SSSR count). The van der Waals surface area contributed by atoms with Gasteiger partial charge in [-0.05, 0) is 37.6 Å². The van der Waals surface area contributed by atoms with E-state index in [-0.39, 0.29) is 16.2 Å². The number of benzene rings is 2. The van der Waals surface area contributed by atoms with Crippen molar-refractivity contribution in [1.29, 1.82) is 0 Å². The molecule has 0 aromatic heterocycles. The van der Waals surface area contributed by atoms with Gasteiger partial charge in [0.25, 0.3) is 0 Å². The predicted molar refractivity (Wildman–Crippen MR) is 88.7 cm³/mol. The fourth-order valence-corrected chi connectivity index (χ4v) is 3.91. The summed E-state index contributed by atoms with van der Waals surface area (Å²) in [6.45, 7) is 3.24. The number of aldehydes is 1. The zero-order valence-corrected chi connectivity index (χ0v) is 14.6. The van der Waals surface area contributed by atoms with E-state index >= 15 is 0 Å². The normalized spacial score (nSPS) is 11.0. The molecule has 0 bridgehead atoms. The summed E-state index contributed by atoms with van der Waals surface area (Å²) in [5.41, 5.74) is 0.975. The minimum absolute atomic E-state index is 0.0131. The first-order valence-corrected chi connectivity index (χ1v) is 8.47. The first kappa shape index (κ1) is 17.8. The number of hydrogen-bond donors (Lipinski definition) is 0. The summed E-state index contributed by atoms with van der Waals surface area (Å²) in [6.07, 6.45) is 0.541. The fraction of sp³-hybridized carbons (Fsp3) is 0.235. The van der Waals surface area contributed by atoms with Gasteiger partial charge in [0.2, 0.25) is 0 Å². The summed E-state index contributed by atoms with van der Waals surface area (Å²) in [5, 5.41) is 0. The molecule has 0 fully saturated rings. The highest BCUT2D eigenvalue weighted by Crippen LogP contribution is 2.38. The van der Waals surface area contributed by atoms with Crippen LogP contribution in [-0.2, 0) is 10.1 Å². The third-order valence-corrected chi connectivity index (χ3v) is 5.06. The Balaban J connectivity index is 2.60. The number of ether oxygens (including phenoxy) is 2. The number of rotatable bonds is 6. The van der Waals surface area contributed by atoms with Crippen molar-refractivity contribution >= 4 is 16.4 Å². The lowest BCUT2D eigenvalue weighted by Gasteiger charge is -2.17. The Bertz CT molecular complexity index is 871. The zero-order chi connectivity index (χ0) is 17.9. The fourth-order valence-electron chi connectivity index (χ4n) is 2.52. The van der Waals surface area contributed by atoms with Crippen LogP contribution in [0.2, 0.25) is 0 Å². The zero-order valence-electron chi connectivity index (χ0n) is 13.8. The quantitative estimate of drug-likeness (QED) is 0.589. The molecule has 0 radical (unpaired) electrons. The maximum Gasteiger partial charge on any atom is 0.339 e. The molecule has 0 saturated carbocycles. The average molecular weight is 350 g/mol. The van der Waals surface area contributed by atoms with Crippen LogP contribution in [0.1, 0.15) is 21.5 Å². The second-order valence-corrected chi connectivity index (χ2v) is 6.56. The lowest BCUT2D eigenvalue weighted by Crippen LogP contribution is -2.15. The molecule has 24 heavy (non-hydrogen) atoms. The van der Waals surface area contributed by atoms with Gasteiger partial charge in [0.05, 0.1) is 19.8 Å². The molecule has 0 unspecified atom stereocenters. The first-order valence-electron chi connectivity index (χ1n) is 7.06. The van der Waals surface area contributed by atoms with E-state index in [0.717, 1.165) is 0 Å². The van der Waals surface area contributed by atoms with Gasteiger partial charge in [-0.2, -0.15) is 8.42 Å². The van der Waals surface area contributed by atoms with Crippen molar-refractivity contribution in [3.8, 4) is 17.2 Å². The molecular weight excluding hydrogens is 332 g/mol. The highest BCUT2D eigenvalue weighted by Gasteiger charge is 2.27. The van der Waals surface area contributed by atoms with E-state index in [1.54, 1.807) is 32.0 Å². The molecule has 0 amide bonds. The second-order valence-electron chi connectivity index (χ2n) is 5.08. The van der Waals surface area contributed by atoms with Crippen molar-refractivity contribution in [2.75, 3.05) is 14.2 Å². The molecule has 2 aromatic rings. The SMILES string of the molecule is COc1cc(C)c(S(=O)(=O)Oc2ccccc2C=O)c(C)c1OC. The molecular formula is C17H18O6S. The van der Waals surface area contributed by atoms with Crippen LogP contribution in [-0.4, -0.2) is 28.9 Å². The summed E-state index contributed by atoms with van der Waals surface area (Å²) in [4.78, 5) is 11.0. The number of carbonyl (C=O) groups excluding carboxylic acids is 1. The largest absolute Gasteiger partial charge is 0.493 e. The second kappa shape index (κ2) is 6.92. The Morgan fingerprint density at radius 1 is 1.00 bits per heavy atom. The Morgan fingerprint density at radius 3 is 2.25 bits per heavy atom. The molecule has 128 valence electrons. The van der Waals surface area contributed by atoms with E-state index in [1.165, 1.54) is 26.4 Å². The molecule has 0 heterocycles. The van der Waals surface area contributed by atoms with E-state index in [1.807, 2.05) is 0 Å². The van der Waals surface area contributed by atoms with Crippen LogP contribution >= 0.6 is 0 Å². The molecule has 0 N–H and O–H groups in total. The van der Waals surface area contributed by atoms with Gasteiger partial charge in [-0.25, -0.2) is 0 Å². The van der Waals surface area contributed by atoms with Gasteiger partial charge in [0.1, 0.15) is 4.90 Å². The van der Waals surface area contributed by atoms with Crippen LogP contribution in [0.3, 0.4) is 0 Å². The Kier molecular flexibility index (Phi) is 5.14. The van der Waals surface area contributed by atoms with Crippen molar-refractivity contribution in [2.24, 2.45) is 0 Å². The van der Waals surface area contributed by atoms with E-state index in [9.17, 15) is 13.2 Å². The highest BCUT2D eigenvalue weighted by molar-refractivity contribution is 7.87. The lowest BCUT2D eigenvalue weighted by molar-refractivity contribution is 0.112. The topological polar surface area (TPSA) is 78.9 Å². The van der Waals surface area contributed by atoms with Crippen LogP contribution in [0, 0.1) is 13.8 Å². The third-order valence-electron chi connectivity index (χ3n) is 3.53. The van der Waals surface area contributed by atoms with Gasteiger partial charge in [-0.1, -0.05) is 12.1 Å². The van der Waals surface area contributed by atoms with E-state index in [2.05, 4.69) is 0 Å². The molecule has 0 aliphatic rings. The standard InChI is InChI=1S/C17H18O6S/c1-11-9-15(21-3)16(22-4)12(2)17(11)24(19,20)23-14-8-6-5-7-13(14)10-18/h5-10H,1-4H3.